The summed E-state index contributed by atoms with van der Waals surface area (Å²) in [7, 11) is 0. The van der Waals surface area contributed by atoms with Crippen molar-refractivity contribution in [3.05, 3.63) is 23.4 Å². The third-order valence-corrected chi connectivity index (χ3v) is 3.03. The van der Waals surface area contributed by atoms with E-state index in [9.17, 15) is 0 Å². The van der Waals surface area contributed by atoms with E-state index in [2.05, 4.69) is 10.3 Å². The minimum Gasteiger partial charge on any atom is -0.370 e. The van der Waals surface area contributed by atoms with Gasteiger partial charge in [0.05, 0.1) is 5.02 Å². The molecule has 1 aliphatic rings. The van der Waals surface area contributed by atoms with E-state index in [-0.39, 0.29) is 0 Å². The highest BCUT2D eigenvalue weighted by atomic mass is 35.5. The molecule has 14 heavy (non-hydrogen) atoms. The summed E-state index contributed by atoms with van der Waals surface area (Å²) < 4.78 is 0. The van der Waals surface area contributed by atoms with Gasteiger partial charge in [0.25, 0.3) is 0 Å². The van der Waals surface area contributed by atoms with Gasteiger partial charge >= 0.3 is 0 Å². The van der Waals surface area contributed by atoms with Gasteiger partial charge in [-0.15, -0.1) is 0 Å². The molecule has 0 amide bonds. The molecule has 0 aromatic carbocycles. The Kier molecular flexibility index (Phi) is 3.25. The van der Waals surface area contributed by atoms with Crippen molar-refractivity contribution in [1.82, 2.24) is 4.98 Å². The van der Waals surface area contributed by atoms with Crippen LogP contribution in [-0.2, 0) is 0 Å². The number of rotatable bonds is 4. The Morgan fingerprint density at radius 2 is 2.29 bits per heavy atom. The molecule has 0 radical (unpaired) electrons. The predicted molar refractivity (Wildman–Crippen MR) is 59.7 cm³/mol. The van der Waals surface area contributed by atoms with E-state index in [4.69, 9.17) is 11.6 Å². The lowest BCUT2D eigenvalue weighted by atomic mass is 9.83. The molecular formula is C11H15ClN2. The van der Waals surface area contributed by atoms with Crippen LogP contribution < -0.4 is 5.32 Å². The fourth-order valence-corrected chi connectivity index (χ4v) is 1.78. The maximum Gasteiger partial charge on any atom is 0.125 e. The molecule has 1 fully saturated rings. The van der Waals surface area contributed by atoms with Gasteiger partial charge in [0, 0.05) is 12.7 Å². The molecule has 1 aromatic rings. The summed E-state index contributed by atoms with van der Waals surface area (Å²) in [6.45, 7) is 1.03. The minimum absolute atomic E-state index is 0.689. The quantitative estimate of drug-likeness (QED) is 0.825. The van der Waals surface area contributed by atoms with Crippen molar-refractivity contribution < 1.29 is 0 Å². The van der Waals surface area contributed by atoms with Crippen LogP contribution in [0.1, 0.15) is 25.7 Å². The van der Waals surface area contributed by atoms with Crippen LogP contribution in [-0.4, -0.2) is 11.5 Å². The Balaban J connectivity index is 1.71. The van der Waals surface area contributed by atoms with Crippen molar-refractivity contribution in [1.29, 1.82) is 0 Å². The summed E-state index contributed by atoms with van der Waals surface area (Å²) in [5, 5.41) is 3.99. The van der Waals surface area contributed by atoms with E-state index in [0.29, 0.717) is 5.02 Å². The molecule has 0 aliphatic heterocycles. The molecule has 1 heterocycles. The van der Waals surface area contributed by atoms with Gasteiger partial charge in [-0.3, -0.25) is 0 Å². The van der Waals surface area contributed by atoms with Gasteiger partial charge in [0.1, 0.15) is 5.82 Å². The van der Waals surface area contributed by atoms with Gasteiger partial charge in [-0.25, -0.2) is 4.98 Å². The van der Waals surface area contributed by atoms with E-state index in [1.165, 1.54) is 25.7 Å². The zero-order valence-electron chi connectivity index (χ0n) is 8.17. The predicted octanol–water partition coefficient (Wildman–Crippen LogP) is 3.34. The zero-order valence-corrected chi connectivity index (χ0v) is 8.93. The number of nitrogens with zero attached hydrogens (tertiary/aromatic N) is 1. The van der Waals surface area contributed by atoms with Crippen LogP contribution in [0.5, 0.6) is 0 Å². The van der Waals surface area contributed by atoms with Gasteiger partial charge in [-0.05, 0) is 24.5 Å². The third kappa shape index (κ3) is 2.61. The van der Waals surface area contributed by atoms with E-state index in [0.717, 1.165) is 18.3 Å². The Morgan fingerprint density at radius 3 is 2.86 bits per heavy atom. The van der Waals surface area contributed by atoms with Gasteiger partial charge in [0.15, 0.2) is 0 Å². The molecule has 1 aromatic heterocycles. The molecule has 1 saturated carbocycles. The van der Waals surface area contributed by atoms with Crippen molar-refractivity contribution in [3.63, 3.8) is 0 Å². The van der Waals surface area contributed by atoms with Gasteiger partial charge < -0.3 is 5.32 Å². The number of halogens is 1. The molecule has 0 unspecified atom stereocenters. The Labute approximate surface area is 89.7 Å². The molecule has 0 bridgehead atoms. The summed E-state index contributed by atoms with van der Waals surface area (Å²) in [4.78, 5) is 4.18. The average molecular weight is 211 g/mol. The van der Waals surface area contributed by atoms with E-state index in [1.807, 2.05) is 12.1 Å². The van der Waals surface area contributed by atoms with Crippen molar-refractivity contribution in [2.45, 2.75) is 25.7 Å². The van der Waals surface area contributed by atoms with Crippen LogP contribution in [0.2, 0.25) is 5.02 Å². The molecule has 2 nitrogen and oxygen atoms in total. The van der Waals surface area contributed by atoms with Crippen LogP contribution in [0, 0.1) is 5.92 Å². The summed E-state index contributed by atoms with van der Waals surface area (Å²) in [5.41, 5.74) is 0. The highest BCUT2D eigenvalue weighted by Gasteiger charge is 2.16. The second-order valence-electron chi connectivity index (χ2n) is 3.87. The second kappa shape index (κ2) is 4.65. The summed E-state index contributed by atoms with van der Waals surface area (Å²) in [5.74, 6) is 1.88. The smallest absolute Gasteiger partial charge is 0.125 e. The fraction of sp³-hybridized carbons (Fsp3) is 0.545. The molecule has 0 spiro atoms. The molecule has 1 N–H and O–H groups in total. The van der Waals surface area contributed by atoms with Crippen LogP contribution in [0.25, 0.3) is 0 Å². The molecular weight excluding hydrogens is 196 g/mol. The Morgan fingerprint density at radius 1 is 1.43 bits per heavy atom. The van der Waals surface area contributed by atoms with Crippen molar-refractivity contribution >= 4 is 17.4 Å². The number of aromatic nitrogens is 1. The first-order chi connectivity index (χ1) is 6.84. The fourth-order valence-electron chi connectivity index (χ4n) is 1.67. The topological polar surface area (TPSA) is 24.9 Å². The molecule has 2 rings (SSSR count). The Hall–Kier alpha value is -0.760. The number of pyridine rings is 1. The molecule has 1 aliphatic carbocycles. The first-order valence-corrected chi connectivity index (χ1v) is 5.58. The van der Waals surface area contributed by atoms with Crippen LogP contribution in [0.4, 0.5) is 5.82 Å². The number of hydrogen-bond acceptors (Lipinski definition) is 2. The second-order valence-corrected chi connectivity index (χ2v) is 4.31. The first-order valence-electron chi connectivity index (χ1n) is 5.20. The maximum absolute atomic E-state index is 5.74. The first kappa shape index (κ1) is 9.78. The summed E-state index contributed by atoms with van der Waals surface area (Å²) >= 11 is 5.74. The third-order valence-electron chi connectivity index (χ3n) is 2.81. The van der Waals surface area contributed by atoms with Gasteiger partial charge in [-0.2, -0.15) is 0 Å². The SMILES string of the molecule is Clc1ccc(NCCC2CCC2)nc1. The normalized spacial score (nSPS) is 16.4. The molecule has 0 atom stereocenters. The van der Waals surface area contributed by atoms with Gasteiger partial charge in [0.2, 0.25) is 0 Å². The summed E-state index contributed by atoms with van der Waals surface area (Å²) in [6.07, 6.45) is 7.19. The summed E-state index contributed by atoms with van der Waals surface area (Å²) in [6, 6.07) is 3.78. The highest BCUT2D eigenvalue weighted by molar-refractivity contribution is 6.30. The van der Waals surface area contributed by atoms with E-state index in [1.54, 1.807) is 6.20 Å². The van der Waals surface area contributed by atoms with E-state index < -0.39 is 0 Å². The van der Waals surface area contributed by atoms with Crippen LogP contribution >= 0.6 is 11.6 Å². The monoisotopic (exact) mass is 210 g/mol. The van der Waals surface area contributed by atoms with Crippen molar-refractivity contribution in [2.24, 2.45) is 5.92 Å². The van der Waals surface area contributed by atoms with E-state index >= 15 is 0 Å². The minimum atomic E-state index is 0.689. The number of anilines is 1. The largest absolute Gasteiger partial charge is 0.370 e. The maximum atomic E-state index is 5.74. The number of hydrogen-bond donors (Lipinski definition) is 1. The lowest BCUT2D eigenvalue weighted by molar-refractivity contribution is 0.303. The lowest BCUT2D eigenvalue weighted by Gasteiger charge is -2.25. The Bertz CT molecular complexity index is 280. The standard InChI is InChI=1S/C11H15ClN2/c12-10-4-5-11(14-8-10)13-7-6-9-2-1-3-9/h4-5,8-9H,1-3,6-7H2,(H,13,14). The lowest BCUT2D eigenvalue weighted by Crippen LogP contribution is -2.15. The molecule has 0 saturated heterocycles. The van der Waals surface area contributed by atoms with Crippen molar-refractivity contribution in [2.75, 3.05) is 11.9 Å². The zero-order chi connectivity index (χ0) is 9.80. The molecule has 3 heteroatoms. The number of nitrogens with one attached hydrogen (secondary N) is 1. The van der Waals surface area contributed by atoms with Crippen LogP contribution in [0.15, 0.2) is 18.3 Å². The van der Waals surface area contributed by atoms with Crippen LogP contribution in [0.3, 0.4) is 0 Å². The van der Waals surface area contributed by atoms with Crippen molar-refractivity contribution in [3.8, 4) is 0 Å². The van der Waals surface area contributed by atoms with Gasteiger partial charge in [-0.1, -0.05) is 30.9 Å². The average Bonchev–Trinajstić information content (AvgIpc) is 2.12. The molecule has 76 valence electrons. The highest BCUT2D eigenvalue weighted by Crippen LogP contribution is 2.29.